The van der Waals surface area contributed by atoms with Gasteiger partial charge in [-0.2, -0.15) is 0 Å². The van der Waals surface area contributed by atoms with Crippen LogP contribution in [0.3, 0.4) is 0 Å². The minimum Gasteiger partial charge on any atom is -0.478 e. The van der Waals surface area contributed by atoms with Crippen LogP contribution in [0, 0.1) is 5.92 Å². The number of hydrogen-bond acceptors (Lipinski definition) is 5. The lowest BCUT2D eigenvalue weighted by molar-refractivity contribution is -0.137. The summed E-state index contributed by atoms with van der Waals surface area (Å²) in [6.07, 6.45) is 0. The van der Waals surface area contributed by atoms with Gasteiger partial charge in [-0.25, -0.2) is 9.78 Å². The van der Waals surface area contributed by atoms with Crippen molar-refractivity contribution in [1.82, 2.24) is 9.55 Å². The predicted molar refractivity (Wildman–Crippen MR) is 84.3 cm³/mol. The zero-order valence-electron chi connectivity index (χ0n) is 12.7. The maximum atomic E-state index is 11.3. The largest absolute Gasteiger partial charge is 0.478 e. The zero-order valence-corrected chi connectivity index (χ0v) is 13.5. The van der Waals surface area contributed by atoms with Crippen LogP contribution in [-0.2, 0) is 16.1 Å². The Morgan fingerprint density at radius 2 is 2.14 bits per heavy atom. The average Bonchev–Trinajstić information content (AvgIpc) is 2.81. The van der Waals surface area contributed by atoms with Gasteiger partial charge in [-0.3, -0.25) is 4.79 Å². The SMILES string of the molecule is COC(=O)CSc1nc2cc(C(=O)O)ccc2n1CC(C)C. The Labute approximate surface area is 132 Å². The lowest BCUT2D eigenvalue weighted by Crippen LogP contribution is -2.08. The predicted octanol–water partition coefficient (Wildman–Crippen LogP) is 2.66. The fourth-order valence-corrected chi connectivity index (χ4v) is 2.93. The van der Waals surface area contributed by atoms with E-state index in [2.05, 4.69) is 23.6 Å². The Hall–Kier alpha value is -2.02. The number of imidazole rings is 1. The lowest BCUT2D eigenvalue weighted by Gasteiger charge is -2.11. The van der Waals surface area contributed by atoms with Gasteiger partial charge in [0, 0.05) is 6.54 Å². The van der Waals surface area contributed by atoms with Crippen molar-refractivity contribution >= 4 is 34.7 Å². The molecule has 0 amide bonds. The van der Waals surface area contributed by atoms with Gasteiger partial charge in [0.25, 0.3) is 0 Å². The number of aromatic carboxylic acids is 1. The highest BCUT2D eigenvalue weighted by Gasteiger charge is 2.15. The van der Waals surface area contributed by atoms with E-state index in [1.54, 1.807) is 18.2 Å². The number of methoxy groups -OCH3 is 1. The number of ether oxygens (including phenoxy) is 1. The number of rotatable bonds is 6. The summed E-state index contributed by atoms with van der Waals surface area (Å²) in [5.41, 5.74) is 1.69. The minimum atomic E-state index is -0.982. The maximum Gasteiger partial charge on any atom is 0.335 e. The fraction of sp³-hybridized carbons (Fsp3) is 0.400. The van der Waals surface area contributed by atoms with Crippen LogP contribution in [0.25, 0.3) is 11.0 Å². The molecule has 0 aliphatic carbocycles. The zero-order chi connectivity index (χ0) is 16.3. The molecule has 1 aromatic carbocycles. The number of hydrogen-bond donors (Lipinski definition) is 1. The first-order chi connectivity index (χ1) is 10.4. The summed E-state index contributed by atoms with van der Waals surface area (Å²) in [4.78, 5) is 26.9. The van der Waals surface area contributed by atoms with Crippen molar-refractivity contribution in [1.29, 1.82) is 0 Å². The van der Waals surface area contributed by atoms with E-state index in [9.17, 15) is 9.59 Å². The second-order valence-corrected chi connectivity index (χ2v) is 6.21. The van der Waals surface area contributed by atoms with Crippen molar-refractivity contribution in [2.45, 2.75) is 25.5 Å². The molecular weight excluding hydrogens is 304 g/mol. The molecule has 0 aliphatic rings. The summed E-state index contributed by atoms with van der Waals surface area (Å²) in [7, 11) is 1.35. The Morgan fingerprint density at radius 1 is 1.41 bits per heavy atom. The molecule has 0 atom stereocenters. The molecule has 2 aromatic rings. The number of carbonyl (C=O) groups excluding carboxylic acids is 1. The first-order valence-electron chi connectivity index (χ1n) is 6.85. The molecule has 118 valence electrons. The number of thioether (sulfide) groups is 1. The van der Waals surface area contributed by atoms with E-state index in [1.807, 2.05) is 4.57 Å². The van der Waals surface area contributed by atoms with Crippen molar-refractivity contribution in [3.8, 4) is 0 Å². The molecule has 22 heavy (non-hydrogen) atoms. The molecule has 0 bridgehead atoms. The van der Waals surface area contributed by atoms with Gasteiger partial charge in [-0.1, -0.05) is 25.6 Å². The smallest absolute Gasteiger partial charge is 0.335 e. The van der Waals surface area contributed by atoms with Gasteiger partial charge < -0.3 is 14.4 Å². The molecule has 0 fully saturated rings. The number of carbonyl (C=O) groups is 2. The number of esters is 1. The van der Waals surface area contributed by atoms with Crippen LogP contribution in [0.15, 0.2) is 23.4 Å². The van der Waals surface area contributed by atoms with Crippen LogP contribution in [-0.4, -0.2) is 39.5 Å². The van der Waals surface area contributed by atoms with E-state index in [4.69, 9.17) is 5.11 Å². The normalized spacial score (nSPS) is 11.1. The van der Waals surface area contributed by atoms with Crippen LogP contribution in [0.5, 0.6) is 0 Å². The first kappa shape index (κ1) is 16.4. The van der Waals surface area contributed by atoms with Gasteiger partial charge in [-0.15, -0.1) is 0 Å². The number of nitrogens with zero attached hydrogens (tertiary/aromatic N) is 2. The molecule has 2 rings (SSSR count). The van der Waals surface area contributed by atoms with E-state index in [-0.39, 0.29) is 17.3 Å². The van der Waals surface area contributed by atoms with Crippen molar-refractivity contribution in [2.24, 2.45) is 5.92 Å². The Morgan fingerprint density at radius 3 is 2.73 bits per heavy atom. The molecule has 0 radical (unpaired) electrons. The Kier molecular flexibility index (Phi) is 5.07. The van der Waals surface area contributed by atoms with Crippen molar-refractivity contribution < 1.29 is 19.4 Å². The fourth-order valence-electron chi connectivity index (χ4n) is 2.07. The number of aromatic nitrogens is 2. The third kappa shape index (κ3) is 3.59. The first-order valence-corrected chi connectivity index (χ1v) is 7.84. The van der Waals surface area contributed by atoms with Crippen molar-refractivity contribution in [3.05, 3.63) is 23.8 Å². The summed E-state index contributed by atoms with van der Waals surface area (Å²) >= 11 is 1.29. The van der Waals surface area contributed by atoms with Gasteiger partial charge in [0.1, 0.15) is 0 Å². The van der Waals surface area contributed by atoms with Gasteiger partial charge in [0.05, 0.1) is 29.5 Å². The molecule has 0 unspecified atom stereocenters. The third-order valence-corrected chi connectivity index (χ3v) is 4.00. The number of benzene rings is 1. The van der Waals surface area contributed by atoms with E-state index in [0.717, 1.165) is 12.1 Å². The molecule has 0 aliphatic heterocycles. The highest BCUT2D eigenvalue weighted by atomic mass is 32.2. The summed E-state index contributed by atoms with van der Waals surface area (Å²) in [6.45, 7) is 4.92. The lowest BCUT2D eigenvalue weighted by atomic mass is 10.2. The molecule has 7 heteroatoms. The van der Waals surface area contributed by atoms with Gasteiger partial charge in [0.15, 0.2) is 5.16 Å². The molecule has 0 spiro atoms. The molecule has 1 N–H and O–H groups in total. The summed E-state index contributed by atoms with van der Waals surface area (Å²) < 4.78 is 6.66. The summed E-state index contributed by atoms with van der Waals surface area (Å²) in [6, 6.07) is 4.88. The van der Waals surface area contributed by atoms with Crippen LogP contribution >= 0.6 is 11.8 Å². The molecule has 0 saturated heterocycles. The second-order valence-electron chi connectivity index (χ2n) is 5.27. The summed E-state index contributed by atoms with van der Waals surface area (Å²) in [5, 5.41) is 9.76. The van der Waals surface area contributed by atoms with E-state index in [1.165, 1.54) is 18.9 Å². The molecule has 0 saturated carbocycles. The highest BCUT2D eigenvalue weighted by Crippen LogP contribution is 2.26. The van der Waals surface area contributed by atoms with Crippen LogP contribution in [0.1, 0.15) is 24.2 Å². The average molecular weight is 322 g/mol. The van der Waals surface area contributed by atoms with E-state index in [0.29, 0.717) is 16.6 Å². The number of carboxylic acid groups (broad SMARTS) is 1. The van der Waals surface area contributed by atoms with Gasteiger partial charge in [-0.05, 0) is 24.1 Å². The molecular formula is C15H18N2O4S. The molecule has 1 heterocycles. The number of carboxylic acids is 1. The van der Waals surface area contributed by atoms with Crippen LogP contribution in [0.4, 0.5) is 0 Å². The monoisotopic (exact) mass is 322 g/mol. The number of fused-ring (bicyclic) bond motifs is 1. The van der Waals surface area contributed by atoms with Crippen LogP contribution < -0.4 is 0 Å². The standard InChI is InChI=1S/C15H18N2O4S/c1-9(2)7-17-12-5-4-10(14(19)20)6-11(12)16-15(17)22-8-13(18)21-3/h4-6,9H,7-8H2,1-3H3,(H,19,20). The Balaban J connectivity index is 2.43. The van der Waals surface area contributed by atoms with Crippen LogP contribution in [0.2, 0.25) is 0 Å². The van der Waals surface area contributed by atoms with Gasteiger partial charge in [0.2, 0.25) is 0 Å². The Bertz CT molecular complexity index is 709. The van der Waals surface area contributed by atoms with Crippen molar-refractivity contribution in [3.63, 3.8) is 0 Å². The minimum absolute atomic E-state index is 0.170. The van der Waals surface area contributed by atoms with Gasteiger partial charge >= 0.3 is 11.9 Å². The summed E-state index contributed by atoms with van der Waals surface area (Å²) in [5.74, 6) is -0.735. The van der Waals surface area contributed by atoms with E-state index < -0.39 is 5.97 Å². The quantitative estimate of drug-likeness (QED) is 0.650. The molecule has 6 nitrogen and oxygen atoms in total. The highest BCUT2D eigenvalue weighted by molar-refractivity contribution is 7.99. The maximum absolute atomic E-state index is 11.3. The third-order valence-electron chi connectivity index (χ3n) is 3.05. The second kappa shape index (κ2) is 6.83. The topological polar surface area (TPSA) is 81.4 Å². The van der Waals surface area contributed by atoms with Crippen molar-refractivity contribution in [2.75, 3.05) is 12.9 Å². The molecule has 1 aromatic heterocycles. The van der Waals surface area contributed by atoms with E-state index >= 15 is 0 Å².